The zero-order chi connectivity index (χ0) is 11.1. The quantitative estimate of drug-likeness (QED) is 0.826. The van der Waals surface area contributed by atoms with Crippen LogP contribution in [0.2, 0.25) is 0 Å². The Morgan fingerprint density at radius 1 is 1.44 bits per heavy atom. The van der Waals surface area contributed by atoms with E-state index in [4.69, 9.17) is 0 Å². The largest absolute Gasteiger partial charge is 0.389 e. The van der Waals surface area contributed by atoms with Gasteiger partial charge in [0.15, 0.2) is 0 Å². The summed E-state index contributed by atoms with van der Waals surface area (Å²) in [5.74, 6) is 1.97. The number of nitrogens with zero attached hydrogens (tertiary/aromatic N) is 2. The third-order valence-corrected chi connectivity index (χ3v) is 3.96. The average Bonchev–Trinajstić information content (AvgIpc) is 2.91. The van der Waals surface area contributed by atoms with Crippen LogP contribution in [0.4, 0.5) is 5.82 Å². The Labute approximate surface area is 96.1 Å². The average molecular weight is 218 g/mol. The van der Waals surface area contributed by atoms with E-state index in [1.807, 2.05) is 12.1 Å². The van der Waals surface area contributed by atoms with Crippen molar-refractivity contribution in [3.8, 4) is 0 Å². The summed E-state index contributed by atoms with van der Waals surface area (Å²) in [6.45, 7) is 2.94. The monoisotopic (exact) mass is 218 g/mol. The fourth-order valence-corrected chi connectivity index (χ4v) is 3.02. The van der Waals surface area contributed by atoms with Gasteiger partial charge in [-0.05, 0) is 43.7 Å². The van der Waals surface area contributed by atoms with Crippen molar-refractivity contribution in [2.75, 3.05) is 11.4 Å². The summed E-state index contributed by atoms with van der Waals surface area (Å²) in [6, 6.07) is 4.75. The van der Waals surface area contributed by atoms with Gasteiger partial charge in [0.05, 0.1) is 6.10 Å². The van der Waals surface area contributed by atoms with E-state index in [0.29, 0.717) is 0 Å². The highest BCUT2D eigenvalue weighted by Gasteiger charge is 2.38. The van der Waals surface area contributed by atoms with Crippen molar-refractivity contribution in [2.45, 2.75) is 38.3 Å². The van der Waals surface area contributed by atoms with E-state index >= 15 is 0 Å². The Balaban J connectivity index is 1.80. The molecule has 0 amide bonds. The predicted molar refractivity (Wildman–Crippen MR) is 63.3 cm³/mol. The first-order valence-corrected chi connectivity index (χ1v) is 6.14. The minimum absolute atomic E-state index is 0.420. The summed E-state index contributed by atoms with van der Waals surface area (Å²) in [6.07, 6.45) is 5.44. The van der Waals surface area contributed by atoms with Gasteiger partial charge in [0, 0.05) is 18.8 Å². The molecule has 2 unspecified atom stereocenters. The fourth-order valence-electron chi connectivity index (χ4n) is 3.02. The summed E-state index contributed by atoms with van der Waals surface area (Å²) < 4.78 is 0. The van der Waals surface area contributed by atoms with Crippen molar-refractivity contribution in [3.05, 3.63) is 23.9 Å². The SMILES string of the molecule is C[C@@H](O)c1ccc(N2CC3CCC2C3)nc1. The van der Waals surface area contributed by atoms with Crippen molar-refractivity contribution >= 4 is 5.82 Å². The highest BCUT2D eigenvalue weighted by atomic mass is 16.3. The van der Waals surface area contributed by atoms with Crippen LogP contribution < -0.4 is 4.90 Å². The lowest BCUT2D eigenvalue weighted by atomic mass is 10.1. The van der Waals surface area contributed by atoms with Crippen LogP contribution >= 0.6 is 0 Å². The van der Waals surface area contributed by atoms with Gasteiger partial charge in [-0.3, -0.25) is 0 Å². The van der Waals surface area contributed by atoms with Gasteiger partial charge in [0.2, 0.25) is 0 Å². The number of aliphatic hydroxyl groups is 1. The molecule has 2 heterocycles. The molecule has 16 heavy (non-hydrogen) atoms. The van der Waals surface area contributed by atoms with Crippen molar-refractivity contribution in [3.63, 3.8) is 0 Å². The molecule has 2 fully saturated rings. The van der Waals surface area contributed by atoms with E-state index in [9.17, 15) is 5.11 Å². The molecule has 1 aromatic rings. The molecule has 1 aliphatic carbocycles. The molecule has 3 atom stereocenters. The van der Waals surface area contributed by atoms with Crippen molar-refractivity contribution in [2.24, 2.45) is 5.92 Å². The Bertz CT molecular complexity index is 374. The number of anilines is 1. The number of hydrogen-bond donors (Lipinski definition) is 1. The van der Waals surface area contributed by atoms with Crippen LogP contribution in [0.25, 0.3) is 0 Å². The minimum atomic E-state index is -0.420. The van der Waals surface area contributed by atoms with Crippen LogP contribution in [0.3, 0.4) is 0 Å². The van der Waals surface area contributed by atoms with E-state index in [1.165, 1.54) is 25.8 Å². The van der Waals surface area contributed by atoms with Gasteiger partial charge in [-0.2, -0.15) is 0 Å². The minimum Gasteiger partial charge on any atom is -0.389 e. The fraction of sp³-hybridized carbons (Fsp3) is 0.615. The predicted octanol–water partition coefficient (Wildman–Crippen LogP) is 2.12. The molecule has 2 aliphatic rings. The maximum atomic E-state index is 9.43. The van der Waals surface area contributed by atoms with Crippen molar-refractivity contribution in [1.29, 1.82) is 0 Å². The number of pyridine rings is 1. The Hall–Kier alpha value is -1.09. The molecule has 1 aliphatic heterocycles. The molecule has 3 heteroatoms. The van der Waals surface area contributed by atoms with Gasteiger partial charge in [0.1, 0.15) is 5.82 Å². The zero-order valence-corrected chi connectivity index (χ0v) is 9.63. The molecule has 1 N–H and O–H groups in total. The second-order valence-corrected chi connectivity index (χ2v) is 5.11. The van der Waals surface area contributed by atoms with Crippen molar-refractivity contribution in [1.82, 2.24) is 4.98 Å². The number of aromatic nitrogens is 1. The van der Waals surface area contributed by atoms with E-state index in [2.05, 4.69) is 9.88 Å². The first-order chi connectivity index (χ1) is 7.74. The number of rotatable bonds is 2. The second kappa shape index (κ2) is 3.74. The van der Waals surface area contributed by atoms with E-state index < -0.39 is 6.10 Å². The van der Waals surface area contributed by atoms with Crippen LogP contribution in [0.5, 0.6) is 0 Å². The molecule has 86 valence electrons. The number of piperidine rings is 1. The number of aliphatic hydroxyl groups excluding tert-OH is 1. The Kier molecular flexibility index (Phi) is 2.36. The molecule has 0 spiro atoms. The van der Waals surface area contributed by atoms with E-state index in [-0.39, 0.29) is 0 Å². The first-order valence-electron chi connectivity index (χ1n) is 6.14. The summed E-state index contributed by atoms with van der Waals surface area (Å²) in [5.41, 5.74) is 0.896. The van der Waals surface area contributed by atoms with E-state index in [1.54, 1.807) is 13.1 Å². The maximum Gasteiger partial charge on any atom is 0.128 e. The molecule has 3 nitrogen and oxygen atoms in total. The standard InChI is InChI=1S/C13H18N2O/c1-9(16)11-3-5-13(14-7-11)15-8-10-2-4-12(15)6-10/h3,5,7,9-10,12,16H,2,4,6,8H2,1H3/t9-,10?,12?/m1/s1. The highest BCUT2D eigenvalue weighted by molar-refractivity contribution is 5.43. The third kappa shape index (κ3) is 1.59. The zero-order valence-electron chi connectivity index (χ0n) is 9.63. The third-order valence-electron chi connectivity index (χ3n) is 3.96. The molecular weight excluding hydrogens is 200 g/mol. The Morgan fingerprint density at radius 2 is 2.31 bits per heavy atom. The van der Waals surface area contributed by atoms with Gasteiger partial charge in [-0.15, -0.1) is 0 Å². The van der Waals surface area contributed by atoms with Crippen LogP contribution in [0.15, 0.2) is 18.3 Å². The summed E-state index contributed by atoms with van der Waals surface area (Å²) in [5, 5.41) is 9.43. The molecule has 1 saturated heterocycles. The molecule has 3 rings (SSSR count). The summed E-state index contributed by atoms with van der Waals surface area (Å²) in [7, 11) is 0. The second-order valence-electron chi connectivity index (χ2n) is 5.11. The first kappa shape index (κ1) is 10.1. The lowest BCUT2D eigenvalue weighted by Crippen LogP contribution is -2.32. The molecule has 2 bridgehead atoms. The van der Waals surface area contributed by atoms with Crippen LogP contribution in [-0.2, 0) is 0 Å². The van der Waals surface area contributed by atoms with E-state index in [0.717, 1.165) is 23.3 Å². The molecule has 1 saturated carbocycles. The summed E-state index contributed by atoms with van der Waals surface area (Å²) >= 11 is 0. The lowest BCUT2D eigenvalue weighted by molar-refractivity contribution is 0.199. The number of fused-ring (bicyclic) bond motifs is 2. The summed E-state index contributed by atoms with van der Waals surface area (Å²) in [4.78, 5) is 6.90. The maximum absolute atomic E-state index is 9.43. The molecular formula is C13H18N2O. The normalized spacial score (nSPS) is 29.8. The van der Waals surface area contributed by atoms with Crippen molar-refractivity contribution < 1.29 is 5.11 Å². The Morgan fingerprint density at radius 3 is 2.81 bits per heavy atom. The van der Waals surface area contributed by atoms with Gasteiger partial charge in [0.25, 0.3) is 0 Å². The van der Waals surface area contributed by atoms with Crippen LogP contribution in [-0.4, -0.2) is 22.7 Å². The van der Waals surface area contributed by atoms with Crippen LogP contribution in [0.1, 0.15) is 37.9 Å². The topological polar surface area (TPSA) is 36.4 Å². The molecule has 0 radical (unpaired) electrons. The number of hydrogen-bond acceptors (Lipinski definition) is 3. The van der Waals surface area contributed by atoms with Crippen LogP contribution in [0, 0.1) is 5.92 Å². The lowest BCUT2D eigenvalue weighted by Gasteiger charge is -2.28. The van der Waals surface area contributed by atoms with Gasteiger partial charge in [-0.25, -0.2) is 4.98 Å². The van der Waals surface area contributed by atoms with Gasteiger partial charge in [-0.1, -0.05) is 6.07 Å². The van der Waals surface area contributed by atoms with Gasteiger partial charge < -0.3 is 10.0 Å². The smallest absolute Gasteiger partial charge is 0.128 e. The molecule has 1 aromatic heterocycles. The molecule has 0 aromatic carbocycles. The van der Waals surface area contributed by atoms with Gasteiger partial charge >= 0.3 is 0 Å². The highest BCUT2D eigenvalue weighted by Crippen LogP contribution is 2.39.